The van der Waals surface area contributed by atoms with E-state index in [0.717, 1.165) is 5.69 Å². The van der Waals surface area contributed by atoms with Crippen molar-refractivity contribution in [2.24, 2.45) is 5.41 Å². The van der Waals surface area contributed by atoms with E-state index in [1.807, 2.05) is 13.8 Å². The molecule has 0 saturated carbocycles. The van der Waals surface area contributed by atoms with Gasteiger partial charge in [0.25, 0.3) is 0 Å². The highest BCUT2D eigenvalue weighted by Gasteiger charge is 2.15. The zero-order chi connectivity index (χ0) is 12.9. The van der Waals surface area contributed by atoms with E-state index in [4.69, 9.17) is 10.2 Å². The van der Waals surface area contributed by atoms with Gasteiger partial charge in [0.05, 0.1) is 11.3 Å². The Bertz CT molecular complexity index is 374. The van der Waals surface area contributed by atoms with Crippen LogP contribution in [0.15, 0.2) is 18.3 Å². The molecule has 0 aliphatic heterocycles. The minimum atomic E-state index is -0.974. The van der Waals surface area contributed by atoms with Gasteiger partial charge in [0.15, 0.2) is 0 Å². The second kappa shape index (κ2) is 5.75. The standard InChI is InChI=1S/C12H18N2O3/c1-12(2,8-15)7-13-6-10-4-3-9(5-14-10)11(16)17/h3-5,13,15H,6-8H2,1-2H3,(H,16,17). The number of rotatable bonds is 6. The summed E-state index contributed by atoms with van der Waals surface area (Å²) in [5.74, 6) is -0.974. The average molecular weight is 238 g/mol. The first-order valence-electron chi connectivity index (χ1n) is 5.44. The van der Waals surface area contributed by atoms with Crippen molar-refractivity contribution in [3.05, 3.63) is 29.6 Å². The van der Waals surface area contributed by atoms with Gasteiger partial charge in [-0.3, -0.25) is 4.98 Å². The molecule has 0 aromatic carbocycles. The first-order chi connectivity index (χ1) is 7.94. The maximum atomic E-state index is 10.6. The van der Waals surface area contributed by atoms with Crippen LogP contribution in [0.5, 0.6) is 0 Å². The van der Waals surface area contributed by atoms with Crippen molar-refractivity contribution in [2.45, 2.75) is 20.4 Å². The summed E-state index contributed by atoms with van der Waals surface area (Å²) in [6.07, 6.45) is 1.34. The number of carbonyl (C=O) groups is 1. The Morgan fingerprint density at radius 2 is 2.18 bits per heavy atom. The minimum absolute atomic E-state index is 0.116. The number of aromatic nitrogens is 1. The van der Waals surface area contributed by atoms with Crippen LogP contribution in [-0.2, 0) is 6.54 Å². The highest BCUT2D eigenvalue weighted by atomic mass is 16.4. The van der Waals surface area contributed by atoms with Gasteiger partial charge < -0.3 is 15.5 Å². The monoisotopic (exact) mass is 238 g/mol. The van der Waals surface area contributed by atoms with Crippen molar-refractivity contribution >= 4 is 5.97 Å². The lowest BCUT2D eigenvalue weighted by atomic mass is 9.95. The first kappa shape index (κ1) is 13.6. The number of carboxylic acid groups (broad SMARTS) is 1. The highest BCUT2D eigenvalue weighted by Crippen LogP contribution is 2.11. The van der Waals surface area contributed by atoms with Crippen LogP contribution in [0.2, 0.25) is 0 Å². The van der Waals surface area contributed by atoms with Crippen LogP contribution >= 0.6 is 0 Å². The van der Waals surface area contributed by atoms with Gasteiger partial charge in [-0.15, -0.1) is 0 Å². The molecule has 0 aliphatic carbocycles. The van der Waals surface area contributed by atoms with Crippen molar-refractivity contribution in [1.82, 2.24) is 10.3 Å². The lowest BCUT2D eigenvalue weighted by Gasteiger charge is -2.21. The third-order valence-corrected chi connectivity index (χ3v) is 2.41. The van der Waals surface area contributed by atoms with Crippen molar-refractivity contribution in [2.75, 3.05) is 13.2 Å². The van der Waals surface area contributed by atoms with Gasteiger partial charge in [-0.2, -0.15) is 0 Å². The van der Waals surface area contributed by atoms with Gasteiger partial charge in [0, 0.05) is 31.3 Å². The fourth-order valence-electron chi connectivity index (χ4n) is 1.24. The number of hydrogen-bond acceptors (Lipinski definition) is 4. The number of hydrogen-bond donors (Lipinski definition) is 3. The largest absolute Gasteiger partial charge is 0.478 e. The predicted octanol–water partition coefficient (Wildman–Crippen LogP) is 0.888. The van der Waals surface area contributed by atoms with Gasteiger partial charge >= 0.3 is 5.97 Å². The molecule has 94 valence electrons. The lowest BCUT2D eigenvalue weighted by Crippen LogP contribution is -2.32. The van der Waals surface area contributed by atoms with Crippen LogP contribution in [0, 0.1) is 5.41 Å². The second-order valence-corrected chi connectivity index (χ2v) is 4.77. The van der Waals surface area contributed by atoms with Gasteiger partial charge in [-0.1, -0.05) is 13.8 Å². The molecular formula is C12H18N2O3. The minimum Gasteiger partial charge on any atom is -0.478 e. The molecule has 1 aromatic rings. The van der Waals surface area contributed by atoms with Crippen LogP contribution in [0.1, 0.15) is 29.9 Å². The summed E-state index contributed by atoms with van der Waals surface area (Å²) in [4.78, 5) is 14.7. The van der Waals surface area contributed by atoms with Crippen molar-refractivity contribution in [1.29, 1.82) is 0 Å². The molecule has 5 nitrogen and oxygen atoms in total. The highest BCUT2D eigenvalue weighted by molar-refractivity contribution is 5.87. The third-order valence-electron chi connectivity index (χ3n) is 2.41. The predicted molar refractivity (Wildman–Crippen MR) is 63.8 cm³/mol. The topological polar surface area (TPSA) is 82.5 Å². The first-order valence-corrected chi connectivity index (χ1v) is 5.44. The smallest absolute Gasteiger partial charge is 0.337 e. The molecule has 0 fully saturated rings. The van der Waals surface area contributed by atoms with Gasteiger partial charge in [0.1, 0.15) is 0 Å². The Morgan fingerprint density at radius 1 is 1.47 bits per heavy atom. The third kappa shape index (κ3) is 4.50. The fraction of sp³-hybridized carbons (Fsp3) is 0.500. The molecule has 5 heteroatoms. The molecule has 0 saturated heterocycles. The van der Waals surface area contributed by atoms with Crippen molar-refractivity contribution < 1.29 is 15.0 Å². The SMILES string of the molecule is CC(C)(CO)CNCc1ccc(C(=O)O)cn1. The summed E-state index contributed by atoms with van der Waals surface area (Å²) in [6, 6.07) is 3.21. The number of aliphatic hydroxyl groups is 1. The normalized spacial score (nSPS) is 11.5. The molecular weight excluding hydrogens is 220 g/mol. The quantitative estimate of drug-likeness (QED) is 0.685. The maximum absolute atomic E-state index is 10.6. The maximum Gasteiger partial charge on any atom is 0.337 e. The molecule has 17 heavy (non-hydrogen) atoms. The fourth-order valence-corrected chi connectivity index (χ4v) is 1.24. The molecule has 3 N–H and O–H groups in total. The summed E-state index contributed by atoms with van der Waals surface area (Å²) >= 11 is 0. The van der Waals surface area contributed by atoms with E-state index in [0.29, 0.717) is 13.1 Å². The van der Waals surface area contributed by atoms with Crippen LogP contribution < -0.4 is 5.32 Å². The molecule has 1 rings (SSSR count). The van der Waals surface area contributed by atoms with Gasteiger partial charge in [0.2, 0.25) is 0 Å². The number of aliphatic hydroxyl groups excluding tert-OH is 1. The van der Waals surface area contributed by atoms with E-state index < -0.39 is 5.97 Å². The Labute approximate surface area is 101 Å². The number of nitrogens with one attached hydrogen (secondary N) is 1. The van der Waals surface area contributed by atoms with E-state index in [1.54, 1.807) is 6.07 Å². The Morgan fingerprint density at radius 3 is 2.65 bits per heavy atom. The Kier molecular flexibility index (Phi) is 4.60. The number of aromatic carboxylic acids is 1. The van der Waals surface area contributed by atoms with E-state index in [-0.39, 0.29) is 17.6 Å². The van der Waals surface area contributed by atoms with Crippen molar-refractivity contribution in [3.63, 3.8) is 0 Å². The zero-order valence-electron chi connectivity index (χ0n) is 10.1. The second-order valence-electron chi connectivity index (χ2n) is 4.77. The lowest BCUT2D eigenvalue weighted by molar-refractivity contribution is 0.0696. The summed E-state index contributed by atoms with van der Waals surface area (Å²) in [5, 5.41) is 20.9. The van der Waals surface area contributed by atoms with Crippen LogP contribution in [0.4, 0.5) is 0 Å². The number of carboxylic acids is 1. The molecule has 1 aromatic heterocycles. The van der Waals surface area contributed by atoms with E-state index in [9.17, 15) is 4.79 Å². The molecule has 0 radical (unpaired) electrons. The molecule has 1 heterocycles. The van der Waals surface area contributed by atoms with E-state index in [2.05, 4.69) is 10.3 Å². The van der Waals surface area contributed by atoms with E-state index in [1.165, 1.54) is 12.3 Å². The van der Waals surface area contributed by atoms with Gasteiger partial charge in [-0.25, -0.2) is 4.79 Å². The van der Waals surface area contributed by atoms with Crippen LogP contribution in [-0.4, -0.2) is 34.3 Å². The summed E-state index contributed by atoms with van der Waals surface area (Å²) in [6.45, 7) is 5.27. The molecule has 0 amide bonds. The molecule has 0 atom stereocenters. The van der Waals surface area contributed by atoms with Crippen LogP contribution in [0.25, 0.3) is 0 Å². The summed E-state index contributed by atoms with van der Waals surface area (Å²) < 4.78 is 0. The number of nitrogens with zero attached hydrogens (tertiary/aromatic N) is 1. The molecule has 0 aliphatic rings. The molecule has 0 spiro atoms. The van der Waals surface area contributed by atoms with Crippen LogP contribution in [0.3, 0.4) is 0 Å². The Balaban J connectivity index is 2.45. The molecule has 0 unspecified atom stereocenters. The Hall–Kier alpha value is -1.46. The zero-order valence-corrected chi connectivity index (χ0v) is 10.1. The average Bonchev–Trinajstić information content (AvgIpc) is 2.29. The van der Waals surface area contributed by atoms with Gasteiger partial charge in [-0.05, 0) is 12.1 Å². The summed E-state index contributed by atoms with van der Waals surface area (Å²) in [7, 11) is 0. The summed E-state index contributed by atoms with van der Waals surface area (Å²) in [5.41, 5.74) is 0.800. The molecule has 0 bridgehead atoms. The number of pyridine rings is 1. The van der Waals surface area contributed by atoms with Crippen molar-refractivity contribution in [3.8, 4) is 0 Å². The van der Waals surface area contributed by atoms with E-state index >= 15 is 0 Å².